The third-order valence-corrected chi connectivity index (χ3v) is 5.29. The van der Waals surface area contributed by atoms with Crippen LogP contribution in [0, 0.1) is 6.92 Å². The summed E-state index contributed by atoms with van der Waals surface area (Å²) in [7, 11) is -3.62. The molecule has 140 valence electrons. The van der Waals surface area contributed by atoms with E-state index in [9.17, 15) is 8.42 Å². The Morgan fingerprint density at radius 1 is 1.00 bits per heavy atom. The molecule has 2 aromatic heterocycles. The zero-order chi connectivity index (χ0) is 19.6. The highest BCUT2D eigenvalue weighted by Gasteiger charge is 2.09. The van der Waals surface area contributed by atoms with Crippen LogP contribution < -0.4 is 4.72 Å². The molecule has 0 saturated carbocycles. The maximum Gasteiger partial charge on any atom is 0.255 e. The van der Waals surface area contributed by atoms with Gasteiger partial charge in [0.1, 0.15) is 5.65 Å². The quantitative estimate of drug-likeness (QED) is 0.537. The third-order valence-electron chi connectivity index (χ3n) is 4.27. The Balaban J connectivity index is 1.58. The maximum absolute atomic E-state index is 12.4. The van der Waals surface area contributed by atoms with E-state index < -0.39 is 10.0 Å². The lowest BCUT2D eigenvalue weighted by atomic mass is 10.1. The van der Waals surface area contributed by atoms with E-state index in [0.29, 0.717) is 5.69 Å². The predicted molar refractivity (Wildman–Crippen MR) is 113 cm³/mol. The number of fused-ring (bicyclic) bond motifs is 1. The van der Waals surface area contributed by atoms with Crippen LogP contribution in [0.5, 0.6) is 0 Å². The number of pyridine rings is 1. The highest BCUT2D eigenvalue weighted by atomic mass is 32.2. The molecule has 0 bridgehead atoms. The second-order valence-electron chi connectivity index (χ2n) is 6.54. The van der Waals surface area contributed by atoms with Crippen LogP contribution in [0.15, 0.2) is 84.5 Å². The number of sulfonamides is 1. The number of aryl methyl sites for hydroxylation is 1. The average molecular weight is 389 g/mol. The standard InChI is InChI=1S/C22H19N3O2S/c1-17-10-12-25-16-21(23-22(25)14-17)19-8-5-9-20(15-19)24-28(26,27)13-11-18-6-3-2-4-7-18/h2-16,24H,1H3/b13-11+. The van der Waals surface area contributed by atoms with Crippen molar-refractivity contribution in [3.05, 3.63) is 95.7 Å². The summed E-state index contributed by atoms with van der Waals surface area (Å²) in [5.41, 5.74) is 4.92. The molecule has 0 fully saturated rings. The van der Waals surface area contributed by atoms with Gasteiger partial charge in [0.05, 0.1) is 11.1 Å². The summed E-state index contributed by atoms with van der Waals surface area (Å²) in [4.78, 5) is 4.63. The number of nitrogens with one attached hydrogen (secondary N) is 1. The van der Waals surface area contributed by atoms with Crippen LogP contribution in [0.3, 0.4) is 0 Å². The second kappa shape index (κ2) is 7.32. The number of anilines is 1. The predicted octanol–water partition coefficient (Wildman–Crippen LogP) is 4.72. The van der Waals surface area contributed by atoms with Gasteiger partial charge in [0.2, 0.25) is 0 Å². The molecule has 1 N–H and O–H groups in total. The van der Waals surface area contributed by atoms with Crippen LogP contribution >= 0.6 is 0 Å². The summed E-state index contributed by atoms with van der Waals surface area (Å²) in [6.07, 6.45) is 5.45. The van der Waals surface area contributed by atoms with Crippen molar-refractivity contribution in [2.45, 2.75) is 6.92 Å². The number of aromatic nitrogens is 2. The van der Waals surface area contributed by atoms with Gasteiger partial charge in [-0.3, -0.25) is 4.72 Å². The molecule has 4 rings (SSSR count). The molecule has 2 heterocycles. The van der Waals surface area contributed by atoms with Gasteiger partial charge in [-0.25, -0.2) is 13.4 Å². The Hall–Kier alpha value is -3.38. The third kappa shape index (κ3) is 4.13. The smallest absolute Gasteiger partial charge is 0.255 e. The lowest BCUT2D eigenvalue weighted by Gasteiger charge is -2.06. The fourth-order valence-corrected chi connectivity index (χ4v) is 3.76. The molecule has 0 saturated heterocycles. The van der Waals surface area contributed by atoms with Crippen molar-refractivity contribution in [1.29, 1.82) is 0 Å². The Bertz CT molecular complexity index is 1260. The fourth-order valence-electron chi connectivity index (χ4n) is 2.90. The van der Waals surface area contributed by atoms with E-state index >= 15 is 0 Å². The highest BCUT2D eigenvalue weighted by molar-refractivity contribution is 7.95. The average Bonchev–Trinajstić information content (AvgIpc) is 3.10. The molecule has 0 aliphatic heterocycles. The molecule has 0 radical (unpaired) electrons. The Kier molecular flexibility index (Phi) is 4.71. The first-order valence-electron chi connectivity index (χ1n) is 8.80. The zero-order valence-corrected chi connectivity index (χ0v) is 16.1. The SMILES string of the molecule is Cc1ccn2cc(-c3cccc(NS(=O)(=O)/C=C/c4ccccc4)c3)nc2c1. The lowest BCUT2D eigenvalue weighted by Crippen LogP contribution is -2.08. The van der Waals surface area contributed by atoms with Gasteiger partial charge in [-0.2, -0.15) is 0 Å². The summed E-state index contributed by atoms with van der Waals surface area (Å²) >= 11 is 0. The summed E-state index contributed by atoms with van der Waals surface area (Å²) in [5.74, 6) is 0. The van der Waals surface area contributed by atoms with Crippen molar-refractivity contribution in [3.8, 4) is 11.3 Å². The second-order valence-corrected chi connectivity index (χ2v) is 8.10. The van der Waals surface area contributed by atoms with Gasteiger partial charge in [-0.05, 0) is 48.4 Å². The zero-order valence-electron chi connectivity index (χ0n) is 15.3. The largest absolute Gasteiger partial charge is 0.306 e. The first-order valence-corrected chi connectivity index (χ1v) is 10.3. The number of hydrogen-bond acceptors (Lipinski definition) is 3. The van der Waals surface area contributed by atoms with Gasteiger partial charge in [0.25, 0.3) is 10.0 Å². The van der Waals surface area contributed by atoms with E-state index in [-0.39, 0.29) is 0 Å². The van der Waals surface area contributed by atoms with E-state index in [2.05, 4.69) is 9.71 Å². The lowest BCUT2D eigenvalue weighted by molar-refractivity contribution is 0.609. The topological polar surface area (TPSA) is 63.5 Å². The van der Waals surface area contributed by atoms with Crippen molar-refractivity contribution in [1.82, 2.24) is 9.38 Å². The van der Waals surface area contributed by atoms with Crippen molar-refractivity contribution in [2.24, 2.45) is 0 Å². The first kappa shape index (κ1) is 18.0. The Morgan fingerprint density at radius 3 is 2.64 bits per heavy atom. The van der Waals surface area contributed by atoms with E-state index in [0.717, 1.165) is 28.0 Å². The summed E-state index contributed by atoms with van der Waals surface area (Å²) < 4.78 is 29.3. The van der Waals surface area contributed by atoms with Crippen molar-refractivity contribution >= 4 is 27.4 Å². The monoisotopic (exact) mass is 389 g/mol. The Labute approximate surface area is 164 Å². The van der Waals surface area contributed by atoms with Crippen LogP contribution in [0.4, 0.5) is 5.69 Å². The highest BCUT2D eigenvalue weighted by Crippen LogP contribution is 2.23. The molecule has 0 amide bonds. The molecule has 6 heteroatoms. The molecule has 2 aromatic carbocycles. The normalized spacial score (nSPS) is 11.9. The van der Waals surface area contributed by atoms with Crippen LogP contribution in [0.2, 0.25) is 0 Å². The van der Waals surface area contributed by atoms with Gasteiger partial charge < -0.3 is 4.40 Å². The molecule has 4 aromatic rings. The molecule has 0 spiro atoms. The van der Waals surface area contributed by atoms with Crippen LogP contribution in [0.25, 0.3) is 23.0 Å². The van der Waals surface area contributed by atoms with Crippen LogP contribution in [-0.2, 0) is 10.0 Å². The minimum absolute atomic E-state index is 0.489. The first-order chi connectivity index (χ1) is 13.5. The number of benzene rings is 2. The summed E-state index contributed by atoms with van der Waals surface area (Å²) in [6, 6.07) is 20.5. The van der Waals surface area contributed by atoms with E-state index in [1.807, 2.05) is 78.3 Å². The Morgan fingerprint density at radius 2 is 1.82 bits per heavy atom. The van der Waals surface area contributed by atoms with Gasteiger partial charge in [-0.1, -0.05) is 42.5 Å². The molecule has 0 aliphatic carbocycles. The number of hydrogen-bond donors (Lipinski definition) is 1. The van der Waals surface area contributed by atoms with Gasteiger partial charge in [0, 0.05) is 23.6 Å². The van der Waals surface area contributed by atoms with Crippen molar-refractivity contribution < 1.29 is 8.42 Å². The molecule has 5 nitrogen and oxygen atoms in total. The van der Waals surface area contributed by atoms with Gasteiger partial charge in [0.15, 0.2) is 0 Å². The molecular formula is C22H19N3O2S. The van der Waals surface area contributed by atoms with Crippen LogP contribution in [0.1, 0.15) is 11.1 Å². The number of imidazole rings is 1. The van der Waals surface area contributed by atoms with Crippen molar-refractivity contribution in [3.63, 3.8) is 0 Å². The van der Waals surface area contributed by atoms with E-state index in [4.69, 9.17) is 0 Å². The molecule has 28 heavy (non-hydrogen) atoms. The minimum Gasteiger partial charge on any atom is -0.306 e. The van der Waals surface area contributed by atoms with Crippen molar-refractivity contribution in [2.75, 3.05) is 4.72 Å². The fraction of sp³-hybridized carbons (Fsp3) is 0.0455. The van der Waals surface area contributed by atoms with Gasteiger partial charge >= 0.3 is 0 Å². The molecule has 0 atom stereocenters. The van der Waals surface area contributed by atoms with E-state index in [1.165, 1.54) is 5.41 Å². The summed E-state index contributed by atoms with van der Waals surface area (Å²) in [6.45, 7) is 2.02. The van der Waals surface area contributed by atoms with E-state index in [1.54, 1.807) is 18.2 Å². The maximum atomic E-state index is 12.4. The van der Waals surface area contributed by atoms with Gasteiger partial charge in [-0.15, -0.1) is 0 Å². The minimum atomic E-state index is -3.62. The number of nitrogens with zero attached hydrogens (tertiary/aromatic N) is 2. The molecule has 0 aliphatic rings. The molecular weight excluding hydrogens is 370 g/mol. The molecule has 0 unspecified atom stereocenters. The van der Waals surface area contributed by atoms with Crippen LogP contribution in [-0.4, -0.2) is 17.8 Å². The summed E-state index contributed by atoms with van der Waals surface area (Å²) in [5, 5.41) is 1.17. The number of rotatable bonds is 5.